The first-order valence-electron chi connectivity index (χ1n) is 5.69. The number of halogens is 2. The molecule has 1 atom stereocenters. The molecule has 0 aliphatic heterocycles. The van der Waals surface area contributed by atoms with Gasteiger partial charge in [0.15, 0.2) is 0 Å². The Balaban J connectivity index is 2.66. The summed E-state index contributed by atoms with van der Waals surface area (Å²) in [5.74, 6) is -1.04. The Bertz CT molecular complexity index is 480. The summed E-state index contributed by atoms with van der Waals surface area (Å²) >= 11 is 6.62. The zero-order chi connectivity index (χ0) is 14.4. The Kier molecular flexibility index (Phi) is 6.30. The van der Waals surface area contributed by atoms with Gasteiger partial charge < -0.3 is 15.7 Å². The average Bonchev–Trinajstić information content (AvgIpc) is 2.32. The van der Waals surface area contributed by atoms with Crippen LogP contribution in [0.1, 0.15) is 19.8 Å². The fraction of sp³-hybridized carbons (Fsp3) is 0.333. The van der Waals surface area contributed by atoms with Crippen LogP contribution in [0.2, 0.25) is 0 Å². The molecule has 1 unspecified atom stereocenters. The molecule has 0 aromatic heterocycles. The molecule has 1 rings (SSSR count). The Morgan fingerprint density at radius 1 is 1.37 bits per heavy atom. The van der Waals surface area contributed by atoms with Gasteiger partial charge in [0, 0.05) is 8.95 Å². The van der Waals surface area contributed by atoms with E-state index in [1.807, 2.05) is 6.92 Å². The number of amides is 2. The van der Waals surface area contributed by atoms with Crippen molar-refractivity contribution in [1.29, 1.82) is 0 Å². The fourth-order valence-electron chi connectivity index (χ4n) is 1.45. The maximum Gasteiger partial charge on any atom is 0.326 e. The van der Waals surface area contributed by atoms with E-state index in [0.717, 1.165) is 4.47 Å². The van der Waals surface area contributed by atoms with Crippen molar-refractivity contribution in [2.24, 2.45) is 0 Å². The molecule has 0 spiro atoms. The second kappa shape index (κ2) is 7.49. The zero-order valence-electron chi connectivity index (χ0n) is 10.2. The minimum absolute atomic E-state index is 0.393. The summed E-state index contributed by atoms with van der Waals surface area (Å²) in [7, 11) is 0. The van der Waals surface area contributed by atoms with Crippen LogP contribution in [0.3, 0.4) is 0 Å². The van der Waals surface area contributed by atoms with Crippen molar-refractivity contribution in [3.8, 4) is 0 Å². The molecule has 0 aliphatic carbocycles. The van der Waals surface area contributed by atoms with Crippen LogP contribution in [0.25, 0.3) is 0 Å². The van der Waals surface area contributed by atoms with Gasteiger partial charge in [0.05, 0.1) is 5.69 Å². The van der Waals surface area contributed by atoms with Gasteiger partial charge in [-0.1, -0.05) is 29.3 Å². The molecule has 3 N–H and O–H groups in total. The maximum atomic E-state index is 11.7. The van der Waals surface area contributed by atoms with Crippen LogP contribution >= 0.6 is 31.9 Å². The molecule has 0 radical (unpaired) electrons. The summed E-state index contributed by atoms with van der Waals surface area (Å²) < 4.78 is 1.58. The quantitative estimate of drug-likeness (QED) is 0.715. The topological polar surface area (TPSA) is 78.4 Å². The predicted octanol–water partition coefficient (Wildman–Crippen LogP) is 3.59. The molecule has 0 heterocycles. The molecular weight excluding hydrogens is 380 g/mol. The number of aliphatic carboxylic acids is 1. The van der Waals surface area contributed by atoms with Crippen molar-refractivity contribution in [3.63, 3.8) is 0 Å². The Morgan fingerprint density at radius 2 is 2.05 bits per heavy atom. The van der Waals surface area contributed by atoms with Gasteiger partial charge in [-0.25, -0.2) is 9.59 Å². The van der Waals surface area contributed by atoms with E-state index < -0.39 is 18.0 Å². The smallest absolute Gasteiger partial charge is 0.326 e. The number of carbonyl (C=O) groups is 2. The van der Waals surface area contributed by atoms with Crippen LogP contribution in [0, 0.1) is 0 Å². The van der Waals surface area contributed by atoms with Gasteiger partial charge in [-0.15, -0.1) is 0 Å². The second-order valence-corrected chi connectivity index (χ2v) is 5.67. The molecule has 19 heavy (non-hydrogen) atoms. The van der Waals surface area contributed by atoms with Crippen molar-refractivity contribution < 1.29 is 14.7 Å². The number of carboxylic acids is 1. The van der Waals surface area contributed by atoms with Crippen LogP contribution < -0.4 is 10.6 Å². The second-order valence-electron chi connectivity index (χ2n) is 3.90. The minimum Gasteiger partial charge on any atom is -0.480 e. The van der Waals surface area contributed by atoms with Crippen LogP contribution in [-0.4, -0.2) is 23.1 Å². The summed E-state index contributed by atoms with van der Waals surface area (Å²) in [6.07, 6.45) is 1.07. The lowest BCUT2D eigenvalue weighted by Gasteiger charge is -2.15. The third-order valence-electron chi connectivity index (χ3n) is 2.36. The van der Waals surface area contributed by atoms with E-state index in [0.29, 0.717) is 23.0 Å². The van der Waals surface area contributed by atoms with Gasteiger partial charge in [0.25, 0.3) is 0 Å². The molecule has 7 heteroatoms. The Hall–Kier alpha value is -1.08. The average molecular weight is 394 g/mol. The lowest BCUT2D eigenvalue weighted by atomic mass is 10.2. The highest BCUT2D eigenvalue weighted by Gasteiger charge is 2.18. The van der Waals surface area contributed by atoms with Gasteiger partial charge in [-0.05, 0) is 40.5 Å². The molecular formula is C12H14Br2N2O3. The fourth-order valence-corrected chi connectivity index (χ4v) is 2.60. The maximum absolute atomic E-state index is 11.7. The summed E-state index contributed by atoms with van der Waals surface area (Å²) in [6, 6.07) is 3.86. The summed E-state index contributed by atoms with van der Waals surface area (Å²) in [5.41, 5.74) is 0.571. The summed E-state index contributed by atoms with van der Waals surface area (Å²) in [4.78, 5) is 22.7. The number of rotatable bonds is 5. The van der Waals surface area contributed by atoms with Crippen molar-refractivity contribution >= 4 is 49.5 Å². The molecule has 0 fully saturated rings. The number of carboxylic acid groups (broad SMARTS) is 1. The zero-order valence-corrected chi connectivity index (χ0v) is 13.4. The number of anilines is 1. The molecule has 2 amide bonds. The first kappa shape index (κ1) is 16.0. The van der Waals surface area contributed by atoms with E-state index >= 15 is 0 Å². The van der Waals surface area contributed by atoms with Crippen molar-refractivity contribution in [3.05, 3.63) is 27.1 Å². The Labute approximate surface area is 128 Å². The van der Waals surface area contributed by atoms with Gasteiger partial charge in [0.2, 0.25) is 0 Å². The number of urea groups is 1. The number of hydrogen-bond donors (Lipinski definition) is 3. The van der Waals surface area contributed by atoms with Gasteiger partial charge in [-0.3, -0.25) is 0 Å². The largest absolute Gasteiger partial charge is 0.480 e. The number of hydrogen-bond acceptors (Lipinski definition) is 2. The highest BCUT2D eigenvalue weighted by molar-refractivity contribution is 9.11. The molecule has 104 valence electrons. The van der Waals surface area contributed by atoms with E-state index in [-0.39, 0.29) is 0 Å². The van der Waals surface area contributed by atoms with E-state index in [1.54, 1.807) is 18.2 Å². The highest BCUT2D eigenvalue weighted by atomic mass is 79.9. The first-order valence-corrected chi connectivity index (χ1v) is 7.28. The van der Waals surface area contributed by atoms with Crippen LogP contribution in [-0.2, 0) is 4.79 Å². The first-order chi connectivity index (χ1) is 8.93. The third-order valence-corrected chi connectivity index (χ3v) is 3.51. The third kappa shape index (κ3) is 5.20. The van der Waals surface area contributed by atoms with Gasteiger partial charge in [0.1, 0.15) is 6.04 Å². The summed E-state index contributed by atoms with van der Waals surface area (Å²) in [5, 5.41) is 14.0. The monoisotopic (exact) mass is 392 g/mol. The van der Waals surface area contributed by atoms with E-state index in [2.05, 4.69) is 42.5 Å². The van der Waals surface area contributed by atoms with E-state index in [9.17, 15) is 9.59 Å². The summed E-state index contributed by atoms with van der Waals surface area (Å²) in [6.45, 7) is 1.86. The Morgan fingerprint density at radius 3 is 2.58 bits per heavy atom. The van der Waals surface area contributed by atoms with Crippen LogP contribution in [0.4, 0.5) is 10.5 Å². The van der Waals surface area contributed by atoms with Crippen LogP contribution in [0.5, 0.6) is 0 Å². The molecule has 0 saturated heterocycles. The highest BCUT2D eigenvalue weighted by Crippen LogP contribution is 2.26. The normalized spacial score (nSPS) is 11.7. The lowest BCUT2D eigenvalue weighted by Crippen LogP contribution is -2.42. The van der Waals surface area contributed by atoms with Crippen LogP contribution in [0.15, 0.2) is 27.1 Å². The number of carbonyl (C=O) groups excluding carboxylic acids is 1. The molecule has 0 aliphatic rings. The SMILES string of the molecule is CCCC(NC(=O)Nc1ccc(Br)cc1Br)C(=O)O. The van der Waals surface area contributed by atoms with Crippen molar-refractivity contribution in [2.45, 2.75) is 25.8 Å². The van der Waals surface area contributed by atoms with E-state index in [4.69, 9.17) is 5.11 Å². The molecule has 0 bridgehead atoms. The van der Waals surface area contributed by atoms with E-state index in [1.165, 1.54) is 0 Å². The minimum atomic E-state index is -1.04. The standard InChI is InChI=1S/C12H14Br2N2O3/c1-2-3-10(11(17)18)16-12(19)15-9-5-4-7(13)6-8(9)14/h4-6,10H,2-3H2,1H3,(H,17,18)(H2,15,16,19). The molecule has 5 nitrogen and oxygen atoms in total. The van der Waals surface area contributed by atoms with Gasteiger partial charge in [-0.2, -0.15) is 0 Å². The van der Waals surface area contributed by atoms with Crippen molar-refractivity contribution in [1.82, 2.24) is 5.32 Å². The number of benzene rings is 1. The predicted molar refractivity (Wildman–Crippen MR) is 80.3 cm³/mol. The van der Waals surface area contributed by atoms with Gasteiger partial charge >= 0.3 is 12.0 Å². The molecule has 0 saturated carbocycles. The van der Waals surface area contributed by atoms with Crippen molar-refractivity contribution in [2.75, 3.05) is 5.32 Å². The lowest BCUT2D eigenvalue weighted by molar-refractivity contribution is -0.139. The molecule has 1 aromatic rings. The number of nitrogens with one attached hydrogen (secondary N) is 2. The molecule has 1 aromatic carbocycles.